The molecule has 0 bridgehead atoms. The SMILES string of the molecule is CC(NC(=O)Cn1cccc(C(=O)NCc2ccccc2)c1=O)c1ccccn1. The zero-order valence-electron chi connectivity index (χ0n) is 16.0. The van der Waals surface area contributed by atoms with Gasteiger partial charge in [-0.3, -0.25) is 19.4 Å². The minimum atomic E-state index is -0.515. The molecule has 1 atom stereocenters. The average molecular weight is 390 g/mol. The van der Waals surface area contributed by atoms with E-state index in [0.717, 1.165) is 11.3 Å². The lowest BCUT2D eigenvalue weighted by atomic mass is 10.2. The molecule has 0 fully saturated rings. The fourth-order valence-electron chi connectivity index (χ4n) is 2.86. The van der Waals surface area contributed by atoms with Crippen LogP contribution in [0.2, 0.25) is 0 Å². The highest BCUT2D eigenvalue weighted by Crippen LogP contribution is 2.07. The number of amides is 2. The zero-order valence-corrected chi connectivity index (χ0v) is 16.0. The summed E-state index contributed by atoms with van der Waals surface area (Å²) in [6, 6.07) is 17.6. The van der Waals surface area contributed by atoms with Crippen molar-refractivity contribution >= 4 is 11.8 Å². The Hall–Kier alpha value is -3.74. The van der Waals surface area contributed by atoms with E-state index in [-0.39, 0.29) is 24.1 Å². The van der Waals surface area contributed by atoms with E-state index in [0.29, 0.717) is 6.54 Å². The predicted octanol–water partition coefficient (Wildman–Crippen LogP) is 2.05. The molecule has 1 aromatic carbocycles. The smallest absolute Gasteiger partial charge is 0.263 e. The highest BCUT2D eigenvalue weighted by Gasteiger charge is 2.15. The molecule has 0 saturated heterocycles. The van der Waals surface area contributed by atoms with Crippen molar-refractivity contribution in [2.75, 3.05) is 0 Å². The Morgan fingerprint density at radius 2 is 1.79 bits per heavy atom. The summed E-state index contributed by atoms with van der Waals surface area (Å²) in [5, 5.41) is 5.53. The van der Waals surface area contributed by atoms with Gasteiger partial charge in [0.1, 0.15) is 12.1 Å². The second kappa shape index (κ2) is 9.45. The number of pyridine rings is 2. The number of nitrogens with zero attached hydrogens (tertiary/aromatic N) is 2. The van der Waals surface area contributed by atoms with Crippen LogP contribution in [0.5, 0.6) is 0 Å². The molecule has 1 unspecified atom stereocenters. The maximum atomic E-state index is 12.6. The van der Waals surface area contributed by atoms with Crippen LogP contribution in [0, 0.1) is 0 Å². The second-order valence-electron chi connectivity index (χ2n) is 6.57. The van der Waals surface area contributed by atoms with Gasteiger partial charge in [0, 0.05) is 18.9 Å². The number of aromatic nitrogens is 2. The van der Waals surface area contributed by atoms with Crippen LogP contribution in [-0.2, 0) is 17.9 Å². The van der Waals surface area contributed by atoms with Crippen molar-refractivity contribution in [1.82, 2.24) is 20.2 Å². The summed E-state index contributed by atoms with van der Waals surface area (Å²) in [5.74, 6) is -0.817. The van der Waals surface area contributed by atoms with Crippen LogP contribution in [0.15, 0.2) is 77.9 Å². The molecule has 2 aromatic heterocycles. The first-order valence-electron chi connectivity index (χ1n) is 9.26. The highest BCUT2D eigenvalue weighted by molar-refractivity contribution is 5.93. The molecular formula is C22H22N4O3. The Labute approximate surface area is 168 Å². The van der Waals surface area contributed by atoms with Crippen molar-refractivity contribution in [3.05, 3.63) is 100 Å². The summed E-state index contributed by atoms with van der Waals surface area (Å²) in [7, 11) is 0. The van der Waals surface area contributed by atoms with Gasteiger partial charge in [-0.2, -0.15) is 0 Å². The summed E-state index contributed by atoms with van der Waals surface area (Å²) in [6.45, 7) is 1.95. The Balaban J connectivity index is 1.64. The fraction of sp³-hybridized carbons (Fsp3) is 0.182. The third-order valence-electron chi connectivity index (χ3n) is 4.38. The molecule has 2 amide bonds. The lowest BCUT2D eigenvalue weighted by molar-refractivity contribution is -0.122. The van der Waals surface area contributed by atoms with Crippen LogP contribution in [0.25, 0.3) is 0 Å². The molecular weight excluding hydrogens is 368 g/mol. The largest absolute Gasteiger partial charge is 0.348 e. The van der Waals surface area contributed by atoms with Crippen LogP contribution < -0.4 is 16.2 Å². The topological polar surface area (TPSA) is 93.1 Å². The van der Waals surface area contributed by atoms with Gasteiger partial charge < -0.3 is 15.2 Å². The molecule has 0 aliphatic carbocycles. The third-order valence-corrected chi connectivity index (χ3v) is 4.38. The first-order chi connectivity index (χ1) is 14.0. The molecule has 0 saturated carbocycles. The Bertz CT molecular complexity index is 1030. The molecule has 0 aliphatic rings. The van der Waals surface area contributed by atoms with E-state index in [1.54, 1.807) is 18.3 Å². The van der Waals surface area contributed by atoms with E-state index >= 15 is 0 Å². The summed E-state index contributed by atoms with van der Waals surface area (Å²) in [5.41, 5.74) is 1.13. The van der Waals surface area contributed by atoms with Gasteiger partial charge in [-0.25, -0.2) is 0 Å². The number of nitrogens with one attached hydrogen (secondary N) is 2. The van der Waals surface area contributed by atoms with Crippen LogP contribution in [-0.4, -0.2) is 21.4 Å². The van der Waals surface area contributed by atoms with E-state index in [1.165, 1.54) is 16.8 Å². The average Bonchev–Trinajstić information content (AvgIpc) is 2.75. The van der Waals surface area contributed by atoms with E-state index < -0.39 is 11.5 Å². The zero-order chi connectivity index (χ0) is 20.6. The molecule has 7 nitrogen and oxygen atoms in total. The molecule has 3 rings (SSSR count). The number of rotatable bonds is 7. The predicted molar refractivity (Wildman–Crippen MR) is 109 cm³/mol. The summed E-state index contributed by atoms with van der Waals surface area (Å²) < 4.78 is 1.22. The van der Waals surface area contributed by atoms with Crippen molar-refractivity contribution in [3.8, 4) is 0 Å². The summed E-state index contributed by atoms with van der Waals surface area (Å²) >= 11 is 0. The number of carbonyl (C=O) groups excluding carboxylic acids is 2. The molecule has 0 aliphatic heterocycles. The maximum absolute atomic E-state index is 12.6. The van der Waals surface area contributed by atoms with Crippen LogP contribution in [0.1, 0.15) is 34.6 Å². The van der Waals surface area contributed by atoms with Crippen LogP contribution in [0.3, 0.4) is 0 Å². The van der Waals surface area contributed by atoms with E-state index in [1.807, 2.05) is 49.4 Å². The second-order valence-corrected chi connectivity index (χ2v) is 6.57. The van der Waals surface area contributed by atoms with Crippen molar-refractivity contribution in [1.29, 1.82) is 0 Å². The van der Waals surface area contributed by atoms with E-state index in [4.69, 9.17) is 0 Å². The van der Waals surface area contributed by atoms with Crippen molar-refractivity contribution < 1.29 is 9.59 Å². The molecule has 3 aromatic rings. The Morgan fingerprint density at radius 1 is 1.03 bits per heavy atom. The Kier molecular flexibility index (Phi) is 6.52. The van der Waals surface area contributed by atoms with Crippen molar-refractivity contribution in [2.24, 2.45) is 0 Å². The standard InChI is InChI=1S/C22H22N4O3/c1-16(19-11-5-6-12-23-19)25-20(27)15-26-13-7-10-18(22(26)29)21(28)24-14-17-8-3-2-4-9-17/h2-13,16H,14-15H2,1H3,(H,24,28)(H,25,27). The summed E-state index contributed by atoms with van der Waals surface area (Å²) in [6.07, 6.45) is 3.14. The lowest BCUT2D eigenvalue weighted by Crippen LogP contribution is -2.37. The van der Waals surface area contributed by atoms with Gasteiger partial charge in [0.15, 0.2) is 0 Å². The first kappa shape index (κ1) is 20.0. The minimum absolute atomic E-state index is 0.00555. The number of carbonyl (C=O) groups is 2. The van der Waals surface area contributed by atoms with Gasteiger partial charge in [-0.05, 0) is 36.8 Å². The monoisotopic (exact) mass is 390 g/mol. The molecule has 7 heteroatoms. The van der Waals surface area contributed by atoms with Gasteiger partial charge in [0.25, 0.3) is 11.5 Å². The summed E-state index contributed by atoms with van der Waals surface area (Å²) in [4.78, 5) is 41.6. The van der Waals surface area contributed by atoms with Crippen LogP contribution in [0.4, 0.5) is 0 Å². The maximum Gasteiger partial charge on any atom is 0.263 e. The van der Waals surface area contributed by atoms with Crippen molar-refractivity contribution in [3.63, 3.8) is 0 Å². The number of benzene rings is 1. The third kappa shape index (κ3) is 5.38. The van der Waals surface area contributed by atoms with Crippen molar-refractivity contribution in [2.45, 2.75) is 26.1 Å². The Morgan fingerprint density at radius 3 is 2.52 bits per heavy atom. The number of hydrogen-bond donors (Lipinski definition) is 2. The normalized spacial score (nSPS) is 11.5. The molecule has 0 radical (unpaired) electrons. The minimum Gasteiger partial charge on any atom is -0.348 e. The lowest BCUT2D eigenvalue weighted by Gasteiger charge is -2.14. The number of hydrogen-bond acceptors (Lipinski definition) is 4. The van der Waals surface area contributed by atoms with E-state index in [9.17, 15) is 14.4 Å². The van der Waals surface area contributed by atoms with Gasteiger partial charge in [-0.1, -0.05) is 36.4 Å². The van der Waals surface area contributed by atoms with E-state index in [2.05, 4.69) is 15.6 Å². The molecule has 0 spiro atoms. The molecule has 2 N–H and O–H groups in total. The van der Waals surface area contributed by atoms with Crippen LogP contribution >= 0.6 is 0 Å². The van der Waals surface area contributed by atoms with Gasteiger partial charge >= 0.3 is 0 Å². The van der Waals surface area contributed by atoms with Gasteiger partial charge in [-0.15, -0.1) is 0 Å². The molecule has 2 heterocycles. The molecule has 148 valence electrons. The van der Waals surface area contributed by atoms with Gasteiger partial charge in [0.05, 0.1) is 11.7 Å². The molecule has 29 heavy (non-hydrogen) atoms. The quantitative estimate of drug-likeness (QED) is 0.646. The fourth-order valence-corrected chi connectivity index (χ4v) is 2.86. The highest BCUT2D eigenvalue weighted by atomic mass is 16.2. The first-order valence-corrected chi connectivity index (χ1v) is 9.26. The van der Waals surface area contributed by atoms with Gasteiger partial charge in [0.2, 0.25) is 5.91 Å².